The molecule has 1 heterocycles. The second-order valence-electron chi connectivity index (χ2n) is 7.55. The van der Waals surface area contributed by atoms with Gasteiger partial charge in [-0.2, -0.15) is 13.2 Å². The van der Waals surface area contributed by atoms with Crippen molar-refractivity contribution in [3.63, 3.8) is 0 Å². The van der Waals surface area contributed by atoms with Crippen LogP contribution in [-0.4, -0.2) is 31.2 Å². The zero-order valence-electron chi connectivity index (χ0n) is 15.8. The van der Waals surface area contributed by atoms with Crippen LogP contribution in [0.3, 0.4) is 0 Å². The highest BCUT2D eigenvalue weighted by atomic mass is 19.4. The monoisotopic (exact) mass is 405 g/mol. The van der Waals surface area contributed by atoms with Crippen molar-refractivity contribution in [2.75, 3.05) is 0 Å². The predicted octanol–water partition coefficient (Wildman–Crippen LogP) is 4.54. The molecule has 0 aliphatic carbocycles. The summed E-state index contributed by atoms with van der Waals surface area (Å²) in [4.78, 5) is 11.9. The number of carbonyl (C=O) groups is 1. The molecule has 9 heteroatoms. The molecule has 0 saturated heterocycles. The minimum atomic E-state index is -4.51. The van der Waals surface area contributed by atoms with E-state index in [-0.39, 0.29) is 22.5 Å². The Morgan fingerprint density at radius 1 is 1.07 bits per heavy atom. The Hall–Kier alpha value is -3.36. The molecule has 3 rings (SSSR count). The van der Waals surface area contributed by atoms with Gasteiger partial charge in [0, 0.05) is 11.6 Å². The van der Waals surface area contributed by atoms with Gasteiger partial charge in [0.2, 0.25) is 0 Å². The van der Waals surface area contributed by atoms with Crippen LogP contribution in [-0.2, 0) is 16.4 Å². The van der Waals surface area contributed by atoms with Gasteiger partial charge in [0.1, 0.15) is 22.5 Å². The maximum absolute atomic E-state index is 12.9. The van der Waals surface area contributed by atoms with E-state index in [0.717, 1.165) is 23.0 Å². The lowest BCUT2D eigenvalue weighted by Gasteiger charge is -2.22. The summed E-state index contributed by atoms with van der Waals surface area (Å²) in [7, 11) is 0. The number of aliphatic carboxylic acids is 1. The van der Waals surface area contributed by atoms with Crippen LogP contribution in [0, 0.1) is 0 Å². The Balaban J connectivity index is 2.21. The first kappa shape index (κ1) is 20.4. The Kier molecular flexibility index (Phi) is 4.86. The summed E-state index contributed by atoms with van der Waals surface area (Å²) in [6.45, 7) is 5.58. The van der Waals surface area contributed by atoms with Gasteiger partial charge in [-0.25, -0.2) is 4.79 Å². The number of aromatic hydroxyl groups is 1. The summed E-state index contributed by atoms with van der Waals surface area (Å²) in [5, 5.41) is 27.9. The highest BCUT2D eigenvalue weighted by Gasteiger charge is 2.31. The molecule has 0 amide bonds. The van der Waals surface area contributed by atoms with E-state index >= 15 is 0 Å². The van der Waals surface area contributed by atoms with Crippen LogP contribution in [0.4, 0.5) is 13.2 Å². The van der Waals surface area contributed by atoms with Gasteiger partial charge in [0.15, 0.2) is 0 Å². The minimum Gasteiger partial charge on any atom is -0.505 e. The molecule has 0 aliphatic rings. The van der Waals surface area contributed by atoms with Crippen LogP contribution in [0.5, 0.6) is 5.75 Å². The third-order valence-corrected chi connectivity index (χ3v) is 4.26. The van der Waals surface area contributed by atoms with Crippen molar-refractivity contribution in [3.8, 4) is 11.4 Å². The maximum atomic E-state index is 12.9. The van der Waals surface area contributed by atoms with Crippen molar-refractivity contribution in [1.29, 1.82) is 0 Å². The third kappa shape index (κ3) is 4.23. The van der Waals surface area contributed by atoms with Gasteiger partial charge in [-0.1, -0.05) is 20.8 Å². The van der Waals surface area contributed by atoms with Crippen molar-refractivity contribution < 1.29 is 28.2 Å². The second kappa shape index (κ2) is 6.91. The second-order valence-corrected chi connectivity index (χ2v) is 7.55. The number of fused-ring (bicyclic) bond motifs is 1. The number of nitrogens with zero attached hydrogens (tertiary/aromatic N) is 3. The van der Waals surface area contributed by atoms with E-state index in [1.54, 1.807) is 6.07 Å². The fourth-order valence-corrected chi connectivity index (χ4v) is 2.83. The predicted molar refractivity (Wildman–Crippen MR) is 101 cm³/mol. The Labute approximate surface area is 163 Å². The molecule has 0 aliphatic heterocycles. The van der Waals surface area contributed by atoms with Crippen molar-refractivity contribution in [2.45, 2.75) is 32.4 Å². The molecule has 29 heavy (non-hydrogen) atoms. The van der Waals surface area contributed by atoms with E-state index in [9.17, 15) is 23.1 Å². The number of alkyl halides is 3. The lowest BCUT2D eigenvalue weighted by molar-refractivity contribution is -0.137. The molecular weight excluding hydrogens is 387 g/mol. The molecule has 0 atom stereocenters. The van der Waals surface area contributed by atoms with E-state index < -0.39 is 23.1 Å². The number of halogens is 3. The summed E-state index contributed by atoms with van der Waals surface area (Å²) >= 11 is 0. The molecule has 2 aromatic carbocycles. The van der Waals surface area contributed by atoms with Crippen molar-refractivity contribution in [2.24, 2.45) is 0 Å². The number of phenols is 1. The van der Waals surface area contributed by atoms with Crippen LogP contribution >= 0.6 is 0 Å². The van der Waals surface area contributed by atoms with E-state index in [2.05, 4.69) is 10.2 Å². The van der Waals surface area contributed by atoms with Crippen LogP contribution in [0.2, 0.25) is 0 Å². The Morgan fingerprint density at radius 3 is 2.31 bits per heavy atom. The van der Waals surface area contributed by atoms with Crippen LogP contribution in [0.25, 0.3) is 22.8 Å². The van der Waals surface area contributed by atoms with Crippen LogP contribution in [0.15, 0.2) is 36.4 Å². The summed E-state index contributed by atoms with van der Waals surface area (Å²) in [5.74, 6) is -1.28. The van der Waals surface area contributed by atoms with Gasteiger partial charge in [0.05, 0.1) is 5.56 Å². The van der Waals surface area contributed by atoms with E-state index in [4.69, 9.17) is 5.11 Å². The molecule has 0 spiro atoms. The fourth-order valence-electron chi connectivity index (χ4n) is 2.83. The third-order valence-electron chi connectivity index (χ3n) is 4.26. The highest BCUT2D eigenvalue weighted by Crippen LogP contribution is 2.37. The molecule has 2 N–H and O–H groups in total. The van der Waals surface area contributed by atoms with E-state index in [1.807, 2.05) is 20.8 Å². The molecule has 0 unspecified atom stereocenters. The number of rotatable bonds is 3. The molecular formula is C20H18F3N3O3. The molecule has 0 bridgehead atoms. The lowest BCUT2D eigenvalue weighted by Crippen LogP contribution is -2.13. The SMILES string of the molecule is CC(C)(C)c1cc(C=CC(=O)O)cc(-n2nc3ccc(C(F)(F)F)cc3n2)c1O. The zero-order chi connectivity index (χ0) is 21.6. The first-order valence-corrected chi connectivity index (χ1v) is 8.59. The number of hydrogen-bond acceptors (Lipinski definition) is 4. The normalized spacial score (nSPS) is 12.8. The smallest absolute Gasteiger partial charge is 0.416 e. The van der Waals surface area contributed by atoms with E-state index in [1.165, 1.54) is 18.2 Å². The molecule has 152 valence electrons. The quantitative estimate of drug-likeness (QED) is 0.625. The van der Waals surface area contributed by atoms with Crippen molar-refractivity contribution in [3.05, 3.63) is 53.1 Å². The van der Waals surface area contributed by atoms with Gasteiger partial charge in [-0.3, -0.25) is 0 Å². The number of carboxylic acid groups (broad SMARTS) is 1. The zero-order valence-corrected chi connectivity index (χ0v) is 15.8. The largest absolute Gasteiger partial charge is 0.505 e. The number of benzene rings is 2. The van der Waals surface area contributed by atoms with Crippen LogP contribution in [0.1, 0.15) is 37.5 Å². The summed E-state index contributed by atoms with van der Waals surface area (Å²) in [6.07, 6.45) is -2.21. The van der Waals surface area contributed by atoms with Gasteiger partial charge < -0.3 is 10.2 Å². The number of carboxylic acids is 1. The molecule has 3 aromatic rings. The molecule has 0 fully saturated rings. The highest BCUT2D eigenvalue weighted by molar-refractivity contribution is 5.85. The summed E-state index contributed by atoms with van der Waals surface area (Å²) in [6, 6.07) is 6.11. The Bertz CT molecular complexity index is 1130. The first-order valence-electron chi connectivity index (χ1n) is 8.59. The molecule has 6 nitrogen and oxygen atoms in total. The van der Waals surface area contributed by atoms with Crippen molar-refractivity contribution >= 4 is 23.1 Å². The molecule has 0 saturated carbocycles. The van der Waals surface area contributed by atoms with E-state index in [0.29, 0.717) is 11.1 Å². The molecule has 0 radical (unpaired) electrons. The van der Waals surface area contributed by atoms with Gasteiger partial charge in [-0.05, 0) is 47.4 Å². The fraction of sp³-hybridized carbons (Fsp3) is 0.250. The number of phenolic OH excluding ortho intramolecular Hbond substituents is 1. The number of aromatic nitrogens is 3. The first-order chi connectivity index (χ1) is 13.4. The number of hydrogen-bond donors (Lipinski definition) is 2. The van der Waals surface area contributed by atoms with Crippen LogP contribution < -0.4 is 0 Å². The average molecular weight is 405 g/mol. The molecule has 1 aromatic heterocycles. The van der Waals surface area contributed by atoms with Gasteiger partial charge in [0.25, 0.3) is 0 Å². The topological polar surface area (TPSA) is 88.2 Å². The van der Waals surface area contributed by atoms with Gasteiger partial charge >= 0.3 is 12.1 Å². The average Bonchev–Trinajstić information content (AvgIpc) is 3.01. The van der Waals surface area contributed by atoms with Gasteiger partial charge in [-0.15, -0.1) is 15.0 Å². The lowest BCUT2D eigenvalue weighted by atomic mass is 9.85. The standard InChI is InChI=1S/C20H18F3N3O3/c1-19(2,3)13-8-11(4-7-17(27)28)9-16(18(13)29)26-24-14-6-5-12(20(21,22)23)10-15(14)25-26/h4-10,29H,1-3H3,(H,27,28). The van der Waals surface area contributed by atoms with Crippen molar-refractivity contribution in [1.82, 2.24) is 15.0 Å². The summed E-state index contributed by atoms with van der Waals surface area (Å²) < 4.78 is 38.8. The summed E-state index contributed by atoms with van der Waals surface area (Å²) in [5.41, 5.74) is 0.00753. The maximum Gasteiger partial charge on any atom is 0.416 e. The Morgan fingerprint density at radius 2 is 1.72 bits per heavy atom. The minimum absolute atomic E-state index is 0.0167.